The number of rotatable bonds is 2. The second-order valence-corrected chi connectivity index (χ2v) is 9.51. The molecule has 4 saturated carbocycles. The zero-order valence-corrected chi connectivity index (χ0v) is 15.6. The standard InChI is InChI=1S/C21H34O3/c1-4-24-19-16-6-5-13-14-7-8-18(23)21(14,3)11-9-15(13)20(16,2)12-10-17(19)22/h13-17,19,22H,4-12H2,1-3H3/t13-,14-,15-,16-,17+,19+,20+,21-/m0/s1. The quantitative estimate of drug-likeness (QED) is 0.831. The van der Waals surface area contributed by atoms with Crippen molar-refractivity contribution in [2.24, 2.45) is 34.5 Å². The molecular formula is C21H34O3. The number of ether oxygens (including phenoxy) is 1. The normalized spacial score (nSPS) is 54.1. The first kappa shape index (κ1) is 17.0. The lowest BCUT2D eigenvalue weighted by atomic mass is 9.44. The topological polar surface area (TPSA) is 46.5 Å². The molecule has 4 fully saturated rings. The molecule has 4 rings (SSSR count). The molecule has 0 aliphatic heterocycles. The Labute approximate surface area is 146 Å². The maximum Gasteiger partial charge on any atom is 0.139 e. The predicted molar refractivity (Wildman–Crippen MR) is 93.5 cm³/mol. The van der Waals surface area contributed by atoms with Gasteiger partial charge < -0.3 is 9.84 Å². The second-order valence-electron chi connectivity index (χ2n) is 9.51. The first-order valence-corrected chi connectivity index (χ1v) is 10.2. The van der Waals surface area contributed by atoms with E-state index in [9.17, 15) is 9.90 Å². The van der Waals surface area contributed by atoms with E-state index in [1.54, 1.807) is 0 Å². The maximum absolute atomic E-state index is 12.5. The molecule has 0 radical (unpaired) electrons. The van der Waals surface area contributed by atoms with Gasteiger partial charge >= 0.3 is 0 Å². The number of Topliss-reactive ketones (excluding diaryl/α,β-unsaturated/α-hetero) is 1. The van der Waals surface area contributed by atoms with E-state index in [1.165, 1.54) is 19.3 Å². The van der Waals surface area contributed by atoms with Gasteiger partial charge in [-0.3, -0.25) is 4.79 Å². The summed E-state index contributed by atoms with van der Waals surface area (Å²) >= 11 is 0. The van der Waals surface area contributed by atoms with Crippen LogP contribution in [0.5, 0.6) is 0 Å². The number of hydrogen-bond acceptors (Lipinski definition) is 3. The Balaban J connectivity index is 1.63. The third-order valence-electron chi connectivity index (χ3n) is 8.76. The number of carbonyl (C=O) groups excluding carboxylic acids is 1. The highest BCUT2D eigenvalue weighted by atomic mass is 16.5. The molecular weight excluding hydrogens is 300 g/mol. The van der Waals surface area contributed by atoms with E-state index in [0.29, 0.717) is 30.1 Å². The van der Waals surface area contributed by atoms with E-state index in [4.69, 9.17) is 4.74 Å². The van der Waals surface area contributed by atoms with Crippen LogP contribution in [0.2, 0.25) is 0 Å². The van der Waals surface area contributed by atoms with E-state index < -0.39 is 0 Å². The van der Waals surface area contributed by atoms with Gasteiger partial charge in [0.05, 0.1) is 12.2 Å². The molecule has 0 heterocycles. The van der Waals surface area contributed by atoms with Crippen LogP contribution in [0.4, 0.5) is 0 Å². The first-order chi connectivity index (χ1) is 11.4. The molecule has 136 valence electrons. The maximum atomic E-state index is 12.5. The molecule has 24 heavy (non-hydrogen) atoms. The molecule has 4 aliphatic rings. The van der Waals surface area contributed by atoms with E-state index >= 15 is 0 Å². The summed E-state index contributed by atoms with van der Waals surface area (Å²) in [5.41, 5.74) is 0.257. The summed E-state index contributed by atoms with van der Waals surface area (Å²) in [5.74, 6) is 3.07. The van der Waals surface area contributed by atoms with Crippen LogP contribution in [-0.2, 0) is 9.53 Å². The van der Waals surface area contributed by atoms with Crippen molar-refractivity contribution in [3.63, 3.8) is 0 Å². The summed E-state index contributed by atoms with van der Waals surface area (Å²) in [4.78, 5) is 12.5. The van der Waals surface area contributed by atoms with Crippen molar-refractivity contribution in [2.45, 2.75) is 84.3 Å². The molecule has 0 saturated heterocycles. The Morgan fingerprint density at radius 2 is 1.83 bits per heavy atom. The first-order valence-electron chi connectivity index (χ1n) is 10.2. The summed E-state index contributed by atoms with van der Waals surface area (Å²) in [6.07, 6.45) is 8.35. The summed E-state index contributed by atoms with van der Waals surface area (Å²) in [6.45, 7) is 7.47. The number of carbonyl (C=O) groups is 1. The van der Waals surface area contributed by atoms with Gasteiger partial charge in [0.2, 0.25) is 0 Å². The van der Waals surface area contributed by atoms with Crippen molar-refractivity contribution in [3.05, 3.63) is 0 Å². The monoisotopic (exact) mass is 334 g/mol. The molecule has 0 unspecified atom stereocenters. The van der Waals surface area contributed by atoms with Gasteiger partial charge in [-0.1, -0.05) is 13.8 Å². The number of ketones is 1. The highest BCUT2D eigenvalue weighted by Crippen LogP contribution is 2.65. The Kier molecular flexibility index (Phi) is 4.12. The van der Waals surface area contributed by atoms with E-state index in [0.717, 1.165) is 38.0 Å². The van der Waals surface area contributed by atoms with Gasteiger partial charge in [0.1, 0.15) is 5.78 Å². The van der Waals surface area contributed by atoms with Gasteiger partial charge in [-0.15, -0.1) is 0 Å². The van der Waals surface area contributed by atoms with Gasteiger partial charge in [0, 0.05) is 18.4 Å². The predicted octanol–water partition coefficient (Wildman–Crippen LogP) is 3.97. The Hall–Kier alpha value is -0.410. The summed E-state index contributed by atoms with van der Waals surface area (Å²) in [7, 11) is 0. The second kappa shape index (κ2) is 5.81. The van der Waals surface area contributed by atoms with Crippen LogP contribution in [0.1, 0.15) is 72.1 Å². The fraction of sp³-hybridized carbons (Fsp3) is 0.952. The van der Waals surface area contributed by atoms with Gasteiger partial charge in [-0.05, 0) is 81.0 Å². The minimum atomic E-state index is -0.290. The average molecular weight is 335 g/mol. The van der Waals surface area contributed by atoms with Crippen molar-refractivity contribution < 1.29 is 14.6 Å². The molecule has 8 atom stereocenters. The van der Waals surface area contributed by atoms with Crippen molar-refractivity contribution in [1.29, 1.82) is 0 Å². The van der Waals surface area contributed by atoms with Crippen molar-refractivity contribution in [2.75, 3.05) is 6.61 Å². The molecule has 0 bridgehead atoms. The fourth-order valence-corrected chi connectivity index (χ4v) is 7.48. The van der Waals surface area contributed by atoms with Crippen LogP contribution in [0, 0.1) is 34.5 Å². The lowest BCUT2D eigenvalue weighted by Gasteiger charge is -2.61. The highest BCUT2D eigenvalue weighted by molar-refractivity contribution is 5.87. The van der Waals surface area contributed by atoms with Gasteiger partial charge in [0.15, 0.2) is 0 Å². The minimum Gasteiger partial charge on any atom is -0.390 e. The Bertz CT molecular complexity index is 517. The molecule has 4 aliphatic carbocycles. The molecule has 3 nitrogen and oxygen atoms in total. The van der Waals surface area contributed by atoms with Crippen molar-refractivity contribution in [1.82, 2.24) is 0 Å². The Morgan fingerprint density at radius 1 is 1.04 bits per heavy atom. The summed E-state index contributed by atoms with van der Waals surface area (Å²) < 4.78 is 6.03. The third kappa shape index (κ3) is 2.19. The zero-order valence-electron chi connectivity index (χ0n) is 15.6. The van der Waals surface area contributed by atoms with E-state index in [2.05, 4.69) is 13.8 Å². The number of aliphatic hydroxyl groups excluding tert-OH is 1. The third-order valence-corrected chi connectivity index (χ3v) is 8.76. The summed E-state index contributed by atoms with van der Waals surface area (Å²) in [5, 5.41) is 10.5. The molecule has 0 aromatic heterocycles. The lowest BCUT2D eigenvalue weighted by molar-refractivity contribution is -0.186. The van der Waals surface area contributed by atoms with Crippen LogP contribution in [0.25, 0.3) is 0 Å². The van der Waals surface area contributed by atoms with E-state index in [1.807, 2.05) is 6.92 Å². The fourth-order valence-electron chi connectivity index (χ4n) is 7.48. The molecule has 1 N–H and O–H groups in total. The largest absolute Gasteiger partial charge is 0.390 e. The molecule has 0 aromatic carbocycles. The van der Waals surface area contributed by atoms with Gasteiger partial charge in [0.25, 0.3) is 0 Å². The molecule has 3 heteroatoms. The molecule has 0 spiro atoms. The van der Waals surface area contributed by atoms with Crippen molar-refractivity contribution in [3.8, 4) is 0 Å². The minimum absolute atomic E-state index is 0.0215. The number of aliphatic hydroxyl groups is 1. The van der Waals surface area contributed by atoms with Crippen LogP contribution < -0.4 is 0 Å². The van der Waals surface area contributed by atoms with Crippen LogP contribution >= 0.6 is 0 Å². The van der Waals surface area contributed by atoms with Gasteiger partial charge in [-0.25, -0.2) is 0 Å². The van der Waals surface area contributed by atoms with Crippen LogP contribution in [-0.4, -0.2) is 29.7 Å². The lowest BCUT2D eigenvalue weighted by Crippen LogP contribution is -2.58. The number of hydrogen-bond donors (Lipinski definition) is 1. The van der Waals surface area contributed by atoms with Gasteiger partial charge in [-0.2, -0.15) is 0 Å². The van der Waals surface area contributed by atoms with E-state index in [-0.39, 0.29) is 23.0 Å². The number of fused-ring (bicyclic) bond motifs is 5. The van der Waals surface area contributed by atoms with Crippen molar-refractivity contribution >= 4 is 5.78 Å². The SMILES string of the molecule is CCO[C@H]1[C@H](O)CC[C@]2(C)[C@H]3CC[C@]4(C)C(=O)CC[C@H]4[C@@H]3CC[C@@H]12. The highest BCUT2D eigenvalue weighted by Gasteiger charge is 2.61. The Morgan fingerprint density at radius 3 is 2.58 bits per heavy atom. The molecule has 0 amide bonds. The average Bonchev–Trinajstić information content (AvgIpc) is 2.86. The van der Waals surface area contributed by atoms with Crippen LogP contribution in [0.15, 0.2) is 0 Å². The molecule has 0 aromatic rings. The summed E-state index contributed by atoms with van der Waals surface area (Å²) in [6, 6.07) is 0. The van der Waals surface area contributed by atoms with Crippen LogP contribution in [0.3, 0.4) is 0 Å². The zero-order chi connectivity index (χ0) is 17.1. The smallest absolute Gasteiger partial charge is 0.139 e.